The average molecular weight is 325 g/mol. The number of carbonyl (C=O) groups is 2. The van der Waals surface area contributed by atoms with Crippen molar-refractivity contribution in [2.45, 2.75) is 26.7 Å². The number of hydrogen-bond donors (Lipinski definition) is 2. The first kappa shape index (κ1) is 17.7. The van der Waals surface area contributed by atoms with Gasteiger partial charge in [0.25, 0.3) is 5.91 Å². The molecule has 2 aromatic rings. The van der Waals surface area contributed by atoms with Gasteiger partial charge in [0.15, 0.2) is 0 Å². The van der Waals surface area contributed by atoms with Crippen LogP contribution >= 0.6 is 0 Å². The summed E-state index contributed by atoms with van der Waals surface area (Å²) in [5.74, 6) is -1.16. The minimum absolute atomic E-state index is 0.0915. The minimum Gasteiger partial charge on any atom is -0.481 e. The molecule has 2 aromatic carbocycles. The van der Waals surface area contributed by atoms with Crippen LogP contribution in [-0.4, -0.2) is 23.5 Å². The van der Waals surface area contributed by atoms with Gasteiger partial charge in [-0.25, -0.2) is 0 Å². The van der Waals surface area contributed by atoms with Crippen LogP contribution in [0.15, 0.2) is 54.6 Å². The second-order valence-corrected chi connectivity index (χ2v) is 6.51. The van der Waals surface area contributed by atoms with Gasteiger partial charge in [-0.1, -0.05) is 48.5 Å². The molecule has 0 bridgehead atoms. The molecule has 1 amide bonds. The Balaban J connectivity index is 2.05. The molecule has 4 nitrogen and oxygen atoms in total. The molecule has 0 radical (unpaired) electrons. The van der Waals surface area contributed by atoms with Gasteiger partial charge in [0.2, 0.25) is 0 Å². The summed E-state index contributed by atoms with van der Waals surface area (Å²) in [7, 11) is 0. The molecule has 0 aliphatic heterocycles. The molecular formula is C20H23NO3. The Hall–Kier alpha value is -2.62. The number of rotatable bonds is 7. The third-order valence-electron chi connectivity index (χ3n) is 4.06. The topological polar surface area (TPSA) is 66.4 Å². The first-order chi connectivity index (χ1) is 11.4. The number of carboxylic acid groups (broad SMARTS) is 1. The van der Waals surface area contributed by atoms with Crippen molar-refractivity contribution in [3.8, 4) is 0 Å². The van der Waals surface area contributed by atoms with Gasteiger partial charge in [-0.3, -0.25) is 9.59 Å². The molecule has 2 rings (SSSR count). The van der Waals surface area contributed by atoms with Crippen molar-refractivity contribution >= 4 is 11.9 Å². The normalized spacial score (nSPS) is 11.1. The van der Waals surface area contributed by atoms with Crippen LogP contribution in [0, 0.1) is 5.41 Å². The standard InChI is InChI=1S/C20H23NO3/c1-20(2,19(23)24)14-21-18(22)17-11-7-6-10-16(17)13-12-15-8-4-3-5-9-15/h3-11H,12-14H2,1-2H3,(H,21,22)(H,23,24). The minimum atomic E-state index is -0.991. The Morgan fingerprint density at radius 2 is 1.58 bits per heavy atom. The molecule has 2 N–H and O–H groups in total. The van der Waals surface area contributed by atoms with E-state index in [2.05, 4.69) is 17.4 Å². The highest BCUT2D eigenvalue weighted by atomic mass is 16.4. The maximum atomic E-state index is 12.4. The zero-order valence-corrected chi connectivity index (χ0v) is 14.1. The van der Waals surface area contributed by atoms with E-state index in [9.17, 15) is 9.59 Å². The first-order valence-corrected chi connectivity index (χ1v) is 8.03. The van der Waals surface area contributed by atoms with Gasteiger partial charge in [0.05, 0.1) is 5.41 Å². The van der Waals surface area contributed by atoms with Crippen molar-refractivity contribution in [3.63, 3.8) is 0 Å². The quantitative estimate of drug-likeness (QED) is 0.821. The fraction of sp³-hybridized carbons (Fsp3) is 0.300. The summed E-state index contributed by atoms with van der Waals surface area (Å²) in [6.45, 7) is 3.28. The van der Waals surface area contributed by atoms with E-state index in [4.69, 9.17) is 5.11 Å². The largest absolute Gasteiger partial charge is 0.481 e. The molecule has 0 saturated carbocycles. The summed E-state index contributed by atoms with van der Waals surface area (Å²) in [6.07, 6.45) is 1.61. The molecule has 0 unspecified atom stereocenters. The Morgan fingerprint density at radius 1 is 0.958 bits per heavy atom. The van der Waals surface area contributed by atoms with Gasteiger partial charge in [-0.2, -0.15) is 0 Å². The van der Waals surface area contributed by atoms with Crippen LogP contribution in [0.3, 0.4) is 0 Å². The predicted molar refractivity (Wildman–Crippen MR) is 94.0 cm³/mol. The van der Waals surface area contributed by atoms with Crippen molar-refractivity contribution in [2.75, 3.05) is 6.54 Å². The van der Waals surface area contributed by atoms with Crippen LogP contribution in [0.1, 0.15) is 35.3 Å². The highest BCUT2D eigenvalue weighted by Gasteiger charge is 2.27. The molecule has 0 fully saturated rings. The van der Waals surface area contributed by atoms with Gasteiger partial charge < -0.3 is 10.4 Å². The summed E-state index contributed by atoms with van der Waals surface area (Å²) in [5, 5.41) is 11.9. The van der Waals surface area contributed by atoms with Crippen molar-refractivity contribution in [2.24, 2.45) is 5.41 Å². The SMILES string of the molecule is CC(C)(CNC(=O)c1ccccc1CCc1ccccc1)C(=O)O. The van der Waals surface area contributed by atoms with E-state index in [0.29, 0.717) is 5.56 Å². The maximum Gasteiger partial charge on any atom is 0.310 e. The van der Waals surface area contributed by atoms with E-state index in [1.807, 2.05) is 36.4 Å². The molecule has 4 heteroatoms. The molecule has 0 aromatic heterocycles. The lowest BCUT2D eigenvalue weighted by Crippen LogP contribution is -2.39. The molecule has 0 spiro atoms. The molecule has 24 heavy (non-hydrogen) atoms. The molecule has 0 heterocycles. The number of carboxylic acids is 1. The summed E-state index contributed by atoms with van der Waals surface area (Å²) in [6, 6.07) is 17.6. The maximum absolute atomic E-state index is 12.4. The Labute approximate surface area is 142 Å². The zero-order valence-electron chi connectivity index (χ0n) is 14.1. The number of aliphatic carboxylic acids is 1. The number of hydrogen-bond acceptors (Lipinski definition) is 2. The van der Waals surface area contributed by atoms with Crippen LogP contribution in [0.2, 0.25) is 0 Å². The van der Waals surface area contributed by atoms with Gasteiger partial charge in [-0.15, -0.1) is 0 Å². The fourth-order valence-electron chi connectivity index (χ4n) is 2.36. The van der Waals surface area contributed by atoms with Crippen molar-refractivity contribution in [1.82, 2.24) is 5.32 Å². The number of nitrogens with one attached hydrogen (secondary N) is 1. The summed E-state index contributed by atoms with van der Waals surface area (Å²) < 4.78 is 0. The lowest BCUT2D eigenvalue weighted by Gasteiger charge is -2.20. The van der Waals surface area contributed by atoms with Gasteiger partial charge in [-0.05, 0) is 43.9 Å². The van der Waals surface area contributed by atoms with Gasteiger partial charge in [0.1, 0.15) is 0 Å². The predicted octanol–water partition coefficient (Wildman–Crippen LogP) is 3.31. The Kier molecular flexibility index (Phi) is 5.74. The van der Waals surface area contributed by atoms with Crippen LogP contribution in [-0.2, 0) is 17.6 Å². The summed E-state index contributed by atoms with van der Waals surface area (Å²) in [5.41, 5.74) is 1.80. The summed E-state index contributed by atoms with van der Waals surface area (Å²) >= 11 is 0. The average Bonchev–Trinajstić information content (AvgIpc) is 2.59. The van der Waals surface area contributed by atoms with E-state index in [0.717, 1.165) is 18.4 Å². The molecular weight excluding hydrogens is 302 g/mol. The second kappa shape index (κ2) is 7.77. The molecule has 0 atom stereocenters. The van der Waals surface area contributed by atoms with Crippen molar-refractivity contribution in [1.29, 1.82) is 0 Å². The van der Waals surface area contributed by atoms with Gasteiger partial charge >= 0.3 is 5.97 Å². The molecule has 0 saturated heterocycles. The smallest absolute Gasteiger partial charge is 0.310 e. The van der Waals surface area contributed by atoms with E-state index in [1.165, 1.54) is 5.56 Å². The Bertz CT molecular complexity index is 708. The number of aryl methyl sites for hydroxylation is 2. The number of amides is 1. The lowest BCUT2D eigenvalue weighted by atomic mass is 9.93. The number of benzene rings is 2. The van der Waals surface area contributed by atoms with Gasteiger partial charge in [0, 0.05) is 12.1 Å². The monoisotopic (exact) mass is 325 g/mol. The summed E-state index contributed by atoms with van der Waals surface area (Å²) in [4.78, 5) is 23.6. The first-order valence-electron chi connectivity index (χ1n) is 8.03. The van der Waals surface area contributed by atoms with E-state index in [-0.39, 0.29) is 12.5 Å². The van der Waals surface area contributed by atoms with Crippen molar-refractivity contribution in [3.05, 3.63) is 71.3 Å². The second-order valence-electron chi connectivity index (χ2n) is 6.51. The van der Waals surface area contributed by atoms with Crippen LogP contribution in [0.5, 0.6) is 0 Å². The van der Waals surface area contributed by atoms with Crippen LogP contribution < -0.4 is 5.32 Å². The van der Waals surface area contributed by atoms with Crippen LogP contribution in [0.4, 0.5) is 0 Å². The van der Waals surface area contributed by atoms with Crippen molar-refractivity contribution < 1.29 is 14.7 Å². The zero-order chi connectivity index (χ0) is 17.6. The molecule has 126 valence electrons. The highest BCUT2D eigenvalue weighted by Crippen LogP contribution is 2.16. The molecule has 0 aliphatic carbocycles. The van der Waals surface area contributed by atoms with E-state index >= 15 is 0 Å². The van der Waals surface area contributed by atoms with E-state index < -0.39 is 11.4 Å². The Morgan fingerprint density at radius 3 is 2.25 bits per heavy atom. The number of carbonyl (C=O) groups excluding carboxylic acids is 1. The molecule has 0 aliphatic rings. The van der Waals surface area contributed by atoms with Crippen LogP contribution in [0.25, 0.3) is 0 Å². The van der Waals surface area contributed by atoms with E-state index in [1.54, 1.807) is 19.9 Å². The third kappa shape index (κ3) is 4.69. The third-order valence-corrected chi connectivity index (χ3v) is 4.06. The fourth-order valence-corrected chi connectivity index (χ4v) is 2.36. The highest BCUT2D eigenvalue weighted by molar-refractivity contribution is 5.96. The lowest BCUT2D eigenvalue weighted by molar-refractivity contribution is -0.146.